The Bertz CT molecular complexity index is 398. The molecule has 15 heavy (non-hydrogen) atoms. The second-order valence-corrected chi connectivity index (χ2v) is 2.87. The van der Waals surface area contributed by atoms with Crippen molar-refractivity contribution in [3.8, 4) is 0 Å². The van der Waals surface area contributed by atoms with Gasteiger partial charge in [0, 0.05) is 17.2 Å². The fraction of sp³-hybridized carbons (Fsp3) is 0.250. The predicted octanol–water partition coefficient (Wildman–Crippen LogP) is 2.60. The number of aromatic carboxylic acids is 1. The first kappa shape index (κ1) is 11.8. The van der Waals surface area contributed by atoms with Crippen LogP contribution in [0.3, 0.4) is 0 Å². The molecule has 0 bridgehead atoms. The Labute approximate surface area is 87.5 Å². The van der Waals surface area contributed by atoms with Crippen molar-refractivity contribution >= 4 is 17.6 Å². The third-order valence-corrected chi connectivity index (χ3v) is 1.97. The number of rotatable bonds is 3. The van der Waals surface area contributed by atoms with E-state index in [4.69, 9.17) is 16.7 Å². The highest BCUT2D eigenvalue weighted by molar-refractivity contribution is 6.17. The van der Waals surface area contributed by atoms with E-state index in [0.717, 1.165) is 0 Å². The van der Waals surface area contributed by atoms with Crippen LogP contribution in [0, 0.1) is 5.95 Å². The number of pyridine rings is 1. The third kappa shape index (κ3) is 2.38. The molecule has 1 heterocycles. The molecule has 0 unspecified atom stereocenters. The van der Waals surface area contributed by atoms with Crippen LogP contribution in [-0.4, -0.2) is 16.1 Å². The second kappa shape index (κ2) is 4.48. The van der Waals surface area contributed by atoms with E-state index in [1.165, 1.54) is 0 Å². The molecule has 82 valence electrons. The quantitative estimate of drug-likeness (QED) is 0.652. The molecule has 0 aliphatic heterocycles. The molecule has 0 spiro atoms. The Kier molecular flexibility index (Phi) is 3.52. The lowest BCUT2D eigenvalue weighted by molar-refractivity contribution is 0.0687. The Morgan fingerprint density at radius 1 is 1.60 bits per heavy atom. The fourth-order valence-corrected chi connectivity index (χ4v) is 1.35. The van der Waals surface area contributed by atoms with Crippen molar-refractivity contribution in [2.24, 2.45) is 0 Å². The van der Waals surface area contributed by atoms with E-state index in [2.05, 4.69) is 4.98 Å². The van der Waals surface area contributed by atoms with Crippen molar-refractivity contribution < 1.29 is 23.1 Å². The zero-order chi connectivity index (χ0) is 11.6. The first-order valence-electron chi connectivity index (χ1n) is 3.74. The Morgan fingerprint density at radius 2 is 2.20 bits per heavy atom. The van der Waals surface area contributed by atoms with Crippen molar-refractivity contribution in [3.05, 3.63) is 28.8 Å². The summed E-state index contributed by atoms with van der Waals surface area (Å²) in [5.74, 6) is -3.32. The zero-order valence-corrected chi connectivity index (χ0v) is 7.93. The van der Waals surface area contributed by atoms with Gasteiger partial charge in [-0.05, 0) is 0 Å². The van der Waals surface area contributed by atoms with Crippen LogP contribution < -0.4 is 0 Å². The Balaban J connectivity index is 3.45. The van der Waals surface area contributed by atoms with Crippen molar-refractivity contribution in [3.63, 3.8) is 0 Å². The third-order valence-electron chi connectivity index (χ3n) is 1.70. The van der Waals surface area contributed by atoms with Crippen LogP contribution in [0.15, 0.2) is 6.07 Å². The maximum atomic E-state index is 12.7. The van der Waals surface area contributed by atoms with E-state index in [0.29, 0.717) is 6.07 Å². The fourth-order valence-electron chi connectivity index (χ4n) is 1.07. The number of alkyl halides is 3. The van der Waals surface area contributed by atoms with Gasteiger partial charge in [0.05, 0.1) is 5.88 Å². The normalized spacial score (nSPS) is 10.7. The topological polar surface area (TPSA) is 50.2 Å². The Hall–Kier alpha value is -1.30. The van der Waals surface area contributed by atoms with Crippen LogP contribution in [0.25, 0.3) is 0 Å². The summed E-state index contributed by atoms with van der Waals surface area (Å²) in [4.78, 5) is 13.6. The van der Waals surface area contributed by atoms with E-state index in [9.17, 15) is 18.0 Å². The van der Waals surface area contributed by atoms with Gasteiger partial charge in [-0.3, -0.25) is 0 Å². The number of carboxylic acids is 1. The molecule has 0 saturated heterocycles. The molecule has 3 nitrogen and oxygen atoms in total. The van der Waals surface area contributed by atoms with E-state index in [-0.39, 0.29) is 5.56 Å². The number of carbonyl (C=O) groups is 1. The van der Waals surface area contributed by atoms with Crippen LogP contribution in [0.5, 0.6) is 0 Å². The molecular formula is C8H5ClF3NO2. The SMILES string of the molecule is O=C(O)c1nc(F)cc(C(F)F)c1CCl. The summed E-state index contributed by atoms with van der Waals surface area (Å²) in [6.45, 7) is 0. The molecule has 0 aliphatic rings. The number of hydrogen-bond acceptors (Lipinski definition) is 2. The van der Waals surface area contributed by atoms with Gasteiger partial charge >= 0.3 is 5.97 Å². The van der Waals surface area contributed by atoms with Crippen LogP contribution >= 0.6 is 11.6 Å². The average molecular weight is 240 g/mol. The maximum absolute atomic E-state index is 12.7. The Morgan fingerprint density at radius 3 is 2.60 bits per heavy atom. The minimum atomic E-state index is -2.99. The average Bonchev–Trinajstić information content (AvgIpc) is 2.16. The van der Waals surface area contributed by atoms with Crippen molar-refractivity contribution in [1.29, 1.82) is 0 Å². The first-order valence-corrected chi connectivity index (χ1v) is 4.27. The number of nitrogens with zero attached hydrogens (tertiary/aromatic N) is 1. The van der Waals surface area contributed by atoms with Crippen LogP contribution in [0.1, 0.15) is 28.0 Å². The summed E-state index contributed by atoms with van der Waals surface area (Å²) in [7, 11) is 0. The summed E-state index contributed by atoms with van der Waals surface area (Å²) in [6.07, 6.45) is -2.99. The number of halogens is 4. The highest BCUT2D eigenvalue weighted by Gasteiger charge is 2.22. The number of hydrogen-bond donors (Lipinski definition) is 1. The van der Waals surface area contributed by atoms with Gasteiger partial charge in [-0.25, -0.2) is 18.6 Å². The monoisotopic (exact) mass is 239 g/mol. The number of aromatic nitrogens is 1. The highest BCUT2D eigenvalue weighted by atomic mass is 35.5. The van der Waals surface area contributed by atoms with Gasteiger partial charge in [0.1, 0.15) is 0 Å². The molecule has 0 atom stereocenters. The van der Waals surface area contributed by atoms with Gasteiger partial charge in [-0.1, -0.05) is 0 Å². The molecule has 0 fully saturated rings. The van der Waals surface area contributed by atoms with Crippen molar-refractivity contribution in [1.82, 2.24) is 4.98 Å². The summed E-state index contributed by atoms with van der Waals surface area (Å²) >= 11 is 5.32. The molecule has 0 saturated carbocycles. The maximum Gasteiger partial charge on any atom is 0.354 e. The molecule has 0 aromatic carbocycles. The summed E-state index contributed by atoms with van der Waals surface area (Å²) in [5, 5.41) is 8.59. The first-order chi connectivity index (χ1) is 6.97. The van der Waals surface area contributed by atoms with Crippen LogP contribution in [-0.2, 0) is 5.88 Å². The van der Waals surface area contributed by atoms with E-state index in [1.54, 1.807) is 0 Å². The highest BCUT2D eigenvalue weighted by Crippen LogP contribution is 2.26. The molecule has 7 heteroatoms. The van der Waals surface area contributed by atoms with E-state index >= 15 is 0 Å². The molecule has 0 amide bonds. The summed E-state index contributed by atoms with van der Waals surface area (Å²) in [5.41, 5.74) is -1.88. The molecule has 1 N–H and O–H groups in total. The lowest BCUT2D eigenvalue weighted by Gasteiger charge is -2.08. The lowest BCUT2D eigenvalue weighted by Crippen LogP contribution is -2.10. The minimum absolute atomic E-state index is 0.361. The second-order valence-electron chi connectivity index (χ2n) is 2.60. The smallest absolute Gasteiger partial charge is 0.354 e. The lowest BCUT2D eigenvalue weighted by atomic mass is 10.1. The van der Waals surface area contributed by atoms with Gasteiger partial charge in [0.15, 0.2) is 5.69 Å². The van der Waals surface area contributed by atoms with Crippen molar-refractivity contribution in [2.75, 3.05) is 0 Å². The number of carboxylic acid groups (broad SMARTS) is 1. The predicted molar refractivity (Wildman–Crippen MR) is 45.7 cm³/mol. The molecule has 1 aromatic heterocycles. The molecular weight excluding hydrogens is 235 g/mol. The summed E-state index contributed by atoms with van der Waals surface area (Å²) in [6, 6.07) is 0.481. The van der Waals surface area contributed by atoms with Crippen LogP contribution in [0.4, 0.5) is 13.2 Å². The van der Waals surface area contributed by atoms with Gasteiger partial charge in [-0.15, -0.1) is 11.6 Å². The van der Waals surface area contributed by atoms with Gasteiger partial charge in [0.2, 0.25) is 5.95 Å². The van der Waals surface area contributed by atoms with Crippen molar-refractivity contribution in [2.45, 2.75) is 12.3 Å². The molecule has 0 radical (unpaired) electrons. The van der Waals surface area contributed by atoms with Crippen LogP contribution in [0.2, 0.25) is 0 Å². The van der Waals surface area contributed by atoms with E-state index in [1.807, 2.05) is 0 Å². The molecule has 0 aliphatic carbocycles. The van der Waals surface area contributed by atoms with E-state index < -0.39 is 35.5 Å². The zero-order valence-electron chi connectivity index (χ0n) is 7.18. The standard InChI is InChI=1S/C8H5ClF3NO2/c9-2-4-3(7(11)12)1-5(10)13-6(4)8(14)15/h1,7H,2H2,(H,14,15). The largest absolute Gasteiger partial charge is 0.476 e. The minimum Gasteiger partial charge on any atom is -0.476 e. The molecule has 1 rings (SSSR count). The molecule has 1 aromatic rings. The van der Waals surface area contributed by atoms with Gasteiger partial charge in [-0.2, -0.15) is 4.39 Å². The summed E-state index contributed by atoms with van der Waals surface area (Å²) < 4.78 is 37.5. The van der Waals surface area contributed by atoms with Gasteiger partial charge < -0.3 is 5.11 Å². The van der Waals surface area contributed by atoms with Gasteiger partial charge in [0.25, 0.3) is 6.43 Å².